The molecule has 2 nitrogen and oxygen atoms in total. The van der Waals surface area contributed by atoms with Crippen LogP contribution in [-0.4, -0.2) is 11.9 Å². The first-order valence-electron chi connectivity index (χ1n) is 6.25. The molecule has 1 rings (SSSR count). The smallest absolute Gasteiger partial charge is 0.252 e. The van der Waals surface area contributed by atoms with E-state index < -0.39 is 0 Å². The summed E-state index contributed by atoms with van der Waals surface area (Å²) in [6, 6.07) is 5.78. The van der Waals surface area contributed by atoms with Crippen molar-refractivity contribution >= 4 is 37.8 Å². The Labute approximate surface area is 126 Å². The molecule has 18 heavy (non-hydrogen) atoms. The minimum Gasteiger partial charge on any atom is -0.349 e. The van der Waals surface area contributed by atoms with Gasteiger partial charge in [0.1, 0.15) is 0 Å². The van der Waals surface area contributed by atoms with E-state index in [2.05, 4.69) is 57.9 Å². The third kappa shape index (κ3) is 4.09. The van der Waals surface area contributed by atoms with E-state index in [-0.39, 0.29) is 11.9 Å². The van der Waals surface area contributed by atoms with Crippen molar-refractivity contribution in [2.24, 2.45) is 5.92 Å². The van der Waals surface area contributed by atoms with E-state index in [0.717, 1.165) is 21.8 Å². The summed E-state index contributed by atoms with van der Waals surface area (Å²) in [4.78, 5) is 12.2. The first-order chi connectivity index (χ1) is 8.49. The molecule has 0 aliphatic carbocycles. The van der Waals surface area contributed by atoms with Crippen LogP contribution in [0.4, 0.5) is 0 Å². The molecule has 0 saturated carbocycles. The zero-order valence-electron chi connectivity index (χ0n) is 11.0. The predicted octanol–water partition coefficient (Wildman–Crippen LogP) is 4.77. The monoisotopic (exact) mass is 375 g/mol. The molecule has 0 bridgehead atoms. The zero-order valence-corrected chi connectivity index (χ0v) is 14.1. The second kappa shape index (κ2) is 7.29. The summed E-state index contributed by atoms with van der Waals surface area (Å²) in [5, 5.41) is 3.07. The summed E-state index contributed by atoms with van der Waals surface area (Å²) < 4.78 is 1.77. The molecule has 0 saturated heterocycles. The number of halogens is 2. The van der Waals surface area contributed by atoms with E-state index in [1.54, 1.807) is 0 Å². The van der Waals surface area contributed by atoms with Crippen LogP contribution < -0.4 is 5.32 Å². The van der Waals surface area contributed by atoms with E-state index in [1.807, 2.05) is 18.2 Å². The van der Waals surface area contributed by atoms with Crippen LogP contribution >= 0.6 is 31.9 Å². The molecular weight excluding hydrogens is 358 g/mol. The number of benzene rings is 1. The third-order valence-corrected chi connectivity index (χ3v) is 4.44. The van der Waals surface area contributed by atoms with Crippen LogP contribution in [0.3, 0.4) is 0 Å². The average molecular weight is 377 g/mol. The number of rotatable bonds is 5. The van der Waals surface area contributed by atoms with Gasteiger partial charge in [-0.2, -0.15) is 0 Å². The van der Waals surface area contributed by atoms with Crippen LogP contribution in [0.1, 0.15) is 44.0 Å². The van der Waals surface area contributed by atoms with Crippen LogP contribution in [-0.2, 0) is 0 Å². The van der Waals surface area contributed by atoms with Crippen LogP contribution in [0.15, 0.2) is 27.1 Å². The second-order valence-electron chi connectivity index (χ2n) is 4.46. The molecule has 1 unspecified atom stereocenters. The Morgan fingerprint density at radius 3 is 2.39 bits per heavy atom. The lowest BCUT2D eigenvalue weighted by atomic mass is 9.95. The fraction of sp³-hybridized carbons (Fsp3) is 0.500. The van der Waals surface area contributed by atoms with Gasteiger partial charge in [0.05, 0.1) is 5.56 Å². The summed E-state index contributed by atoms with van der Waals surface area (Å²) in [6.07, 6.45) is 2.17. The van der Waals surface area contributed by atoms with Crippen LogP contribution in [0.25, 0.3) is 0 Å². The minimum absolute atomic E-state index is 0.0197. The Hall–Kier alpha value is -0.350. The molecule has 0 aliphatic rings. The Morgan fingerprint density at radius 2 is 1.89 bits per heavy atom. The van der Waals surface area contributed by atoms with E-state index in [1.165, 1.54) is 0 Å². The summed E-state index contributed by atoms with van der Waals surface area (Å²) in [6.45, 7) is 6.39. The first kappa shape index (κ1) is 15.7. The summed E-state index contributed by atoms with van der Waals surface area (Å²) in [5.74, 6) is 0.511. The number of carbonyl (C=O) groups is 1. The van der Waals surface area contributed by atoms with Gasteiger partial charge in [0, 0.05) is 15.0 Å². The molecule has 0 aromatic heterocycles. The van der Waals surface area contributed by atoms with E-state index >= 15 is 0 Å². The van der Waals surface area contributed by atoms with Crippen molar-refractivity contribution in [1.82, 2.24) is 5.32 Å². The fourth-order valence-corrected chi connectivity index (χ4v) is 3.30. The van der Waals surface area contributed by atoms with Gasteiger partial charge in [-0.25, -0.2) is 0 Å². The van der Waals surface area contributed by atoms with Gasteiger partial charge >= 0.3 is 0 Å². The highest BCUT2D eigenvalue weighted by Gasteiger charge is 2.18. The maximum Gasteiger partial charge on any atom is 0.252 e. The van der Waals surface area contributed by atoms with Crippen molar-refractivity contribution in [3.8, 4) is 0 Å². The minimum atomic E-state index is -0.0197. The molecule has 0 spiro atoms. The lowest BCUT2D eigenvalue weighted by Crippen LogP contribution is -2.37. The number of carbonyl (C=O) groups excluding carboxylic acids is 1. The van der Waals surface area contributed by atoms with Crippen molar-refractivity contribution in [1.29, 1.82) is 0 Å². The van der Waals surface area contributed by atoms with Gasteiger partial charge in [0.25, 0.3) is 5.91 Å². The maximum atomic E-state index is 12.2. The standard InChI is InChI=1S/C14H19Br2NO/c1-4-10(5-2)9(3)17-14(18)12-7-6-11(15)8-13(12)16/h6-10H,4-5H2,1-3H3,(H,17,18). The molecule has 1 aromatic rings. The van der Waals surface area contributed by atoms with Crippen molar-refractivity contribution in [2.45, 2.75) is 39.7 Å². The van der Waals surface area contributed by atoms with Gasteiger partial charge in [0.2, 0.25) is 0 Å². The molecule has 4 heteroatoms. The molecular formula is C14H19Br2NO. The fourth-order valence-electron chi connectivity index (χ4n) is 2.07. The molecule has 1 amide bonds. The van der Waals surface area contributed by atoms with Crippen molar-refractivity contribution in [2.75, 3.05) is 0 Å². The topological polar surface area (TPSA) is 29.1 Å². The summed E-state index contributed by atoms with van der Waals surface area (Å²) >= 11 is 6.80. The highest BCUT2D eigenvalue weighted by Crippen LogP contribution is 2.22. The maximum absolute atomic E-state index is 12.2. The Morgan fingerprint density at radius 1 is 1.28 bits per heavy atom. The van der Waals surface area contributed by atoms with E-state index in [9.17, 15) is 4.79 Å². The molecule has 0 radical (unpaired) electrons. The highest BCUT2D eigenvalue weighted by atomic mass is 79.9. The largest absolute Gasteiger partial charge is 0.349 e. The SMILES string of the molecule is CCC(CC)C(C)NC(=O)c1ccc(Br)cc1Br. The number of amides is 1. The van der Waals surface area contributed by atoms with Gasteiger partial charge in [-0.05, 0) is 47.0 Å². The number of hydrogen-bond donors (Lipinski definition) is 1. The van der Waals surface area contributed by atoms with Gasteiger partial charge in [-0.15, -0.1) is 0 Å². The third-order valence-electron chi connectivity index (χ3n) is 3.29. The average Bonchev–Trinajstić information content (AvgIpc) is 2.30. The van der Waals surface area contributed by atoms with E-state index in [4.69, 9.17) is 0 Å². The van der Waals surface area contributed by atoms with Gasteiger partial charge in [0.15, 0.2) is 0 Å². The molecule has 100 valence electrons. The Balaban J connectivity index is 2.76. The number of nitrogens with one attached hydrogen (secondary N) is 1. The van der Waals surface area contributed by atoms with Crippen molar-refractivity contribution in [3.63, 3.8) is 0 Å². The Bertz CT molecular complexity index is 416. The lowest BCUT2D eigenvalue weighted by Gasteiger charge is -2.22. The summed E-state index contributed by atoms with van der Waals surface area (Å²) in [7, 11) is 0. The molecule has 1 aromatic carbocycles. The van der Waals surface area contributed by atoms with Crippen LogP contribution in [0.5, 0.6) is 0 Å². The summed E-state index contributed by atoms with van der Waals surface area (Å²) in [5.41, 5.74) is 0.677. The quantitative estimate of drug-likeness (QED) is 0.788. The van der Waals surface area contributed by atoms with Crippen LogP contribution in [0, 0.1) is 5.92 Å². The van der Waals surface area contributed by atoms with Gasteiger partial charge in [-0.3, -0.25) is 4.79 Å². The molecule has 0 heterocycles. The Kier molecular flexibility index (Phi) is 6.36. The predicted molar refractivity (Wildman–Crippen MR) is 82.8 cm³/mol. The normalized spacial score (nSPS) is 12.6. The number of hydrogen-bond acceptors (Lipinski definition) is 1. The van der Waals surface area contributed by atoms with Crippen LogP contribution in [0.2, 0.25) is 0 Å². The van der Waals surface area contributed by atoms with Gasteiger partial charge in [-0.1, -0.05) is 42.6 Å². The van der Waals surface area contributed by atoms with Crippen molar-refractivity contribution in [3.05, 3.63) is 32.7 Å². The molecule has 0 fully saturated rings. The van der Waals surface area contributed by atoms with E-state index in [0.29, 0.717) is 11.5 Å². The second-order valence-corrected chi connectivity index (χ2v) is 6.23. The molecule has 1 atom stereocenters. The first-order valence-corrected chi connectivity index (χ1v) is 7.84. The highest BCUT2D eigenvalue weighted by molar-refractivity contribution is 9.11. The van der Waals surface area contributed by atoms with Crippen molar-refractivity contribution < 1.29 is 4.79 Å². The zero-order chi connectivity index (χ0) is 13.7. The molecule has 0 aliphatic heterocycles. The lowest BCUT2D eigenvalue weighted by molar-refractivity contribution is 0.0924. The molecule has 1 N–H and O–H groups in total. The van der Waals surface area contributed by atoms with Gasteiger partial charge < -0.3 is 5.32 Å².